The lowest BCUT2D eigenvalue weighted by Crippen LogP contribution is -2.05. The van der Waals surface area contributed by atoms with Crippen LogP contribution >= 0.6 is 11.6 Å². The predicted molar refractivity (Wildman–Crippen MR) is 85.3 cm³/mol. The van der Waals surface area contributed by atoms with E-state index < -0.39 is 0 Å². The van der Waals surface area contributed by atoms with E-state index >= 15 is 0 Å². The molecule has 0 amide bonds. The van der Waals surface area contributed by atoms with Crippen LogP contribution in [-0.2, 0) is 6.42 Å². The summed E-state index contributed by atoms with van der Waals surface area (Å²) in [6, 6.07) is 9.72. The molecule has 0 aliphatic heterocycles. The van der Waals surface area contributed by atoms with Crippen LogP contribution in [0.15, 0.2) is 30.3 Å². The van der Waals surface area contributed by atoms with Crippen molar-refractivity contribution in [3.8, 4) is 11.4 Å². The maximum Gasteiger partial charge on any atom is 0.163 e. The molecule has 1 aromatic carbocycles. The van der Waals surface area contributed by atoms with E-state index in [-0.39, 0.29) is 0 Å². The molecule has 1 N–H and O–H groups in total. The summed E-state index contributed by atoms with van der Waals surface area (Å²) in [5.74, 6) is 1.57. The number of anilines is 1. The Bertz CT molecular complexity index is 569. The first-order valence-electron chi connectivity index (χ1n) is 7.11. The van der Waals surface area contributed by atoms with Crippen LogP contribution in [0.4, 0.5) is 5.82 Å². The summed E-state index contributed by atoms with van der Waals surface area (Å²) >= 11 is 6.24. The second-order valence-corrected chi connectivity index (χ2v) is 5.13. The Labute approximate surface area is 125 Å². The lowest BCUT2D eigenvalue weighted by atomic mass is 10.2. The molecule has 0 aliphatic carbocycles. The van der Waals surface area contributed by atoms with Crippen LogP contribution in [0.2, 0.25) is 5.02 Å². The van der Waals surface area contributed by atoms with Gasteiger partial charge in [0.05, 0.1) is 5.02 Å². The molecule has 0 saturated carbocycles. The van der Waals surface area contributed by atoms with Gasteiger partial charge in [-0.3, -0.25) is 0 Å². The van der Waals surface area contributed by atoms with Crippen molar-refractivity contribution in [1.82, 2.24) is 9.97 Å². The van der Waals surface area contributed by atoms with Crippen LogP contribution in [0, 0.1) is 0 Å². The lowest BCUT2D eigenvalue weighted by Gasteiger charge is -2.10. The third-order valence-corrected chi connectivity index (χ3v) is 3.29. The molecule has 0 radical (unpaired) electrons. The molecule has 106 valence electrons. The largest absolute Gasteiger partial charge is 0.370 e. The van der Waals surface area contributed by atoms with Crippen molar-refractivity contribution in [1.29, 1.82) is 0 Å². The molecule has 0 aliphatic rings. The molecule has 0 bridgehead atoms. The normalized spacial score (nSPS) is 10.6. The number of hydrogen-bond donors (Lipinski definition) is 1. The second kappa shape index (κ2) is 7.25. The molecule has 1 heterocycles. The minimum atomic E-state index is 0.683. The Balaban J connectivity index is 2.40. The van der Waals surface area contributed by atoms with Crippen LogP contribution in [0.5, 0.6) is 0 Å². The van der Waals surface area contributed by atoms with Crippen molar-refractivity contribution in [2.24, 2.45) is 0 Å². The summed E-state index contributed by atoms with van der Waals surface area (Å²) in [7, 11) is 0. The Morgan fingerprint density at radius 3 is 2.60 bits per heavy atom. The lowest BCUT2D eigenvalue weighted by molar-refractivity contribution is 0.872. The second-order valence-electron chi connectivity index (χ2n) is 4.72. The molecular weight excluding hydrogens is 270 g/mol. The Kier molecular flexibility index (Phi) is 5.36. The van der Waals surface area contributed by atoms with Gasteiger partial charge in [-0.25, -0.2) is 9.97 Å². The standard InChI is InChI=1S/C16H20ClN3/c1-3-7-12-11-15(18-10-4-2)20-16(19-12)13-8-5-6-9-14(13)17/h5-6,8-9,11H,3-4,7,10H2,1-2H3,(H,18,19,20). The number of hydrogen-bond acceptors (Lipinski definition) is 3. The molecule has 4 heteroatoms. The van der Waals surface area contributed by atoms with Crippen molar-refractivity contribution in [3.63, 3.8) is 0 Å². The summed E-state index contributed by atoms with van der Waals surface area (Å²) in [6.07, 6.45) is 3.07. The van der Waals surface area contributed by atoms with E-state index in [9.17, 15) is 0 Å². The average molecular weight is 290 g/mol. The first-order valence-corrected chi connectivity index (χ1v) is 7.49. The number of benzene rings is 1. The van der Waals surface area contributed by atoms with Gasteiger partial charge in [0.15, 0.2) is 5.82 Å². The molecule has 0 atom stereocenters. The first kappa shape index (κ1) is 14.8. The molecule has 20 heavy (non-hydrogen) atoms. The summed E-state index contributed by atoms with van der Waals surface area (Å²) in [4.78, 5) is 9.20. The highest BCUT2D eigenvalue weighted by atomic mass is 35.5. The minimum Gasteiger partial charge on any atom is -0.370 e. The zero-order valence-corrected chi connectivity index (χ0v) is 12.7. The number of aromatic nitrogens is 2. The van der Waals surface area contributed by atoms with Gasteiger partial charge in [0.2, 0.25) is 0 Å². The molecule has 2 aromatic rings. The van der Waals surface area contributed by atoms with Gasteiger partial charge in [-0.1, -0.05) is 44.0 Å². The van der Waals surface area contributed by atoms with Crippen LogP contribution in [0.3, 0.4) is 0 Å². The number of nitrogens with zero attached hydrogens (tertiary/aromatic N) is 2. The zero-order chi connectivity index (χ0) is 14.4. The van der Waals surface area contributed by atoms with Gasteiger partial charge in [0, 0.05) is 23.9 Å². The highest BCUT2D eigenvalue weighted by molar-refractivity contribution is 6.33. The smallest absolute Gasteiger partial charge is 0.163 e. The molecule has 2 rings (SSSR count). The number of rotatable bonds is 6. The fourth-order valence-corrected chi connectivity index (χ4v) is 2.21. The Morgan fingerprint density at radius 1 is 1.10 bits per heavy atom. The van der Waals surface area contributed by atoms with E-state index in [4.69, 9.17) is 11.6 Å². The van der Waals surface area contributed by atoms with Crippen molar-refractivity contribution < 1.29 is 0 Å². The monoisotopic (exact) mass is 289 g/mol. The van der Waals surface area contributed by atoms with Gasteiger partial charge in [-0.15, -0.1) is 0 Å². The summed E-state index contributed by atoms with van der Waals surface area (Å²) in [5, 5.41) is 4.01. The van der Waals surface area contributed by atoms with Gasteiger partial charge < -0.3 is 5.32 Å². The number of nitrogens with one attached hydrogen (secondary N) is 1. The summed E-state index contributed by atoms with van der Waals surface area (Å²) in [5.41, 5.74) is 1.93. The fraction of sp³-hybridized carbons (Fsp3) is 0.375. The van der Waals surface area contributed by atoms with Crippen LogP contribution in [-0.4, -0.2) is 16.5 Å². The van der Waals surface area contributed by atoms with E-state index in [2.05, 4.69) is 29.1 Å². The van der Waals surface area contributed by atoms with E-state index in [0.29, 0.717) is 10.8 Å². The van der Waals surface area contributed by atoms with Crippen LogP contribution in [0.1, 0.15) is 32.4 Å². The molecule has 3 nitrogen and oxygen atoms in total. The molecule has 0 saturated heterocycles. The molecule has 0 fully saturated rings. The van der Waals surface area contributed by atoms with Gasteiger partial charge in [0.1, 0.15) is 5.82 Å². The van der Waals surface area contributed by atoms with Crippen molar-refractivity contribution in [2.75, 3.05) is 11.9 Å². The predicted octanol–water partition coefficient (Wildman–Crippen LogP) is 4.57. The molecular formula is C16H20ClN3. The highest BCUT2D eigenvalue weighted by Gasteiger charge is 2.09. The number of halogens is 1. The van der Waals surface area contributed by atoms with Crippen molar-refractivity contribution in [3.05, 3.63) is 41.0 Å². The summed E-state index contributed by atoms with van der Waals surface area (Å²) in [6.45, 7) is 5.19. The third-order valence-electron chi connectivity index (χ3n) is 2.96. The van der Waals surface area contributed by atoms with E-state index in [1.165, 1.54) is 0 Å². The van der Waals surface area contributed by atoms with E-state index in [1.54, 1.807) is 0 Å². The molecule has 0 spiro atoms. The highest BCUT2D eigenvalue weighted by Crippen LogP contribution is 2.26. The maximum absolute atomic E-state index is 6.24. The van der Waals surface area contributed by atoms with E-state index in [0.717, 1.165) is 42.9 Å². The topological polar surface area (TPSA) is 37.8 Å². The van der Waals surface area contributed by atoms with Gasteiger partial charge in [0.25, 0.3) is 0 Å². The Morgan fingerprint density at radius 2 is 1.90 bits per heavy atom. The fourth-order valence-electron chi connectivity index (χ4n) is 1.99. The summed E-state index contributed by atoms with van der Waals surface area (Å²) < 4.78 is 0. The SMILES string of the molecule is CCCNc1cc(CCC)nc(-c2ccccc2Cl)n1. The van der Waals surface area contributed by atoms with Gasteiger partial charge in [-0.2, -0.15) is 0 Å². The van der Waals surface area contributed by atoms with Gasteiger partial charge in [-0.05, 0) is 25.0 Å². The van der Waals surface area contributed by atoms with Crippen molar-refractivity contribution in [2.45, 2.75) is 33.1 Å². The first-order chi connectivity index (χ1) is 9.74. The quantitative estimate of drug-likeness (QED) is 0.846. The van der Waals surface area contributed by atoms with Crippen LogP contribution < -0.4 is 5.32 Å². The molecule has 1 aromatic heterocycles. The average Bonchev–Trinajstić information content (AvgIpc) is 2.46. The maximum atomic E-state index is 6.24. The van der Waals surface area contributed by atoms with Crippen molar-refractivity contribution >= 4 is 17.4 Å². The molecule has 0 unspecified atom stereocenters. The van der Waals surface area contributed by atoms with E-state index in [1.807, 2.05) is 30.3 Å². The van der Waals surface area contributed by atoms with Gasteiger partial charge >= 0.3 is 0 Å². The minimum absolute atomic E-state index is 0.683. The number of aryl methyl sites for hydroxylation is 1. The van der Waals surface area contributed by atoms with Crippen LogP contribution in [0.25, 0.3) is 11.4 Å². The Hall–Kier alpha value is -1.61. The zero-order valence-electron chi connectivity index (χ0n) is 12.0. The third kappa shape index (κ3) is 3.70.